The molecule has 2 rings (SSSR count). The number of phenols is 1. The molecule has 4 nitrogen and oxygen atoms in total. The number of benzene rings is 1. The monoisotopic (exact) mass is 285 g/mol. The summed E-state index contributed by atoms with van der Waals surface area (Å²) in [5.74, 6) is -1.00. The maximum atomic E-state index is 14.3. The van der Waals surface area contributed by atoms with Crippen molar-refractivity contribution in [2.75, 3.05) is 7.11 Å². The summed E-state index contributed by atoms with van der Waals surface area (Å²) in [4.78, 5) is 14.5. The first-order valence-electron chi connectivity index (χ1n) is 5.90. The van der Waals surface area contributed by atoms with E-state index < -0.39 is 11.4 Å². The second-order valence-electron chi connectivity index (χ2n) is 4.54. The molecule has 0 radical (unpaired) electrons. The average Bonchev–Trinajstić information content (AvgIpc) is 2.83. The molecule has 0 bridgehead atoms. The Kier molecular flexibility index (Phi) is 3.78. The van der Waals surface area contributed by atoms with Crippen LogP contribution in [0, 0.1) is 5.82 Å². The van der Waals surface area contributed by atoms with E-state index in [4.69, 9.17) is 16.3 Å². The number of nitrogens with zero attached hydrogens (tertiary/aromatic N) is 1. The molecule has 0 aromatic heterocycles. The van der Waals surface area contributed by atoms with Crippen molar-refractivity contribution in [1.82, 2.24) is 0 Å². The minimum atomic E-state index is -1.04. The molecule has 1 aliphatic carbocycles. The lowest BCUT2D eigenvalue weighted by molar-refractivity contribution is 0.339. The molecule has 1 aromatic carbocycles. The van der Waals surface area contributed by atoms with Gasteiger partial charge in [0.25, 0.3) is 0 Å². The van der Waals surface area contributed by atoms with Crippen LogP contribution in [0.15, 0.2) is 11.1 Å². The smallest absolute Gasteiger partial charge is 0.235 e. The molecule has 1 aliphatic rings. The molecule has 1 fully saturated rings. The number of aromatic hydroxyl groups is 1. The number of hydrogen-bond acceptors (Lipinski definition) is 4. The van der Waals surface area contributed by atoms with Gasteiger partial charge < -0.3 is 9.84 Å². The third-order valence-corrected chi connectivity index (χ3v) is 3.79. The standard InChI is InChI=1S/C13H13ClFNO3/c1-19-12-9(18)6-8(14)11(15)10(12)13(16-7-17)4-2-3-5-13/h6,18H,2-5H2,1H3. The van der Waals surface area contributed by atoms with Crippen LogP contribution in [0.25, 0.3) is 0 Å². The van der Waals surface area contributed by atoms with Gasteiger partial charge in [0.05, 0.1) is 17.7 Å². The van der Waals surface area contributed by atoms with E-state index >= 15 is 0 Å². The van der Waals surface area contributed by atoms with Crippen molar-refractivity contribution in [2.24, 2.45) is 4.99 Å². The quantitative estimate of drug-likeness (QED) is 0.685. The Morgan fingerprint density at radius 1 is 1.53 bits per heavy atom. The van der Waals surface area contributed by atoms with Crippen molar-refractivity contribution in [1.29, 1.82) is 0 Å². The van der Waals surface area contributed by atoms with Crippen molar-refractivity contribution in [3.63, 3.8) is 0 Å². The van der Waals surface area contributed by atoms with Crippen LogP contribution in [0.1, 0.15) is 31.2 Å². The lowest BCUT2D eigenvalue weighted by Crippen LogP contribution is -2.22. The molecule has 0 saturated heterocycles. The maximum absolute atomic E-state index is 14.3. The molecule has 6 heteroatoms. The van der Waals surface area contributed by atoms with Gasteiger partial charge in [0, 0.05) is 6.07 Å². The molecule has 0 atom stereocenters. The number of rotatable bonds is 3. The van der Waals surface area contributed by atoms with Gasteiger partial charge in [0.15, 0.2) is 17.3 Å². The predicted molar refractivity (Wildman–Crippen MR) is 67.9 cm³/mol. The highest BCUT2D eigenvalue weighted by atomic mass is 35.5. The van der Waals surface area contributed by atoms with Gasteiger partial charge in [-0.05, 0) is 12.8 Å². The highest BCUT2D eigenvalue weighted by Crippen LogP contribution is 2.50. The molecule has 102 valence electrons. The Balaban J connectivity index is 2.75. The lowest BCUT2D eigenvalue weighted by atomic mass is 9.87. The van der Waals surface area contributed by atoms with E-state index in [2.05, 4.69) is 4.99 Å². The van der Waals surface area contributed by atoms with Crippen LogP contribution in [-0.4, -0.2) is 18.3 Å². The van der Waals surface area contributed by atoms with Crippen molar-refractivity contribution >= 4 is 17.7 Å². The molecule has 0 unspecified atom stereocenters. The largest absolute Gasteiger partial charge is 0.504 e. The molecule has 19 heavy (non-hydrogen) atoms. The highest BCUT2D eigenvalue weighted by Gasteiger charge is 2.42. The van der Waals surface area contributed by atoms with Crippen LogP contribution in [0.3, 0.4) is 0 Å². The Bertz CT molecular complexity index is 549. The van der Waals surface area contributed by atoms with E-state index in [0.717, 1.165) is 18.9 Å². The van der Waals surface area contributed by atoms with Gasteiger partial charge in [-0.1, -0.05) is 24.4 Å². The summed E-state index contributed by atoms with van der Waals surface area (Å²) in [5, 5.41) is 9.60. The molecule has 0 amide bonds. The van der Waals surface area contributed by atoms with Crippen LogP contribution >= 0.6 is 11.6 Å². The van der Waals surface area contributed by atoms with Crippen LogP contribution in [0.4, 0.5) is 4.39 Å². The van der Waals surface area contributed by atoms with Crippen molar-refractivity contribution in [3.05, 3.63) is 22.5 Å². The Labute approximate surface area is 114 Å². The number of isocyanates is 1. The van der Waals surface area contributed by atoms with Gasteiger partial charge in [0.2, 0.25) is 6.08 Å². The molecule has 1 aromatic rings. The first-order valence-corrected chi connectivity index (χ1v) is 6.28. The molecule has 0 spiro atoms. The van der Waals surface area contributed by atoms with E-state index in [1.165, 1.54) is 13.2 Å². The zero-order valence-electron chi connectivity index (χ0n) is 10.4. The second kappa shape index (κ2) is 5.19. The summed E-state index contributed by atoms with van der Waals surface area (Å²) < 4.78 is 19.4. The topological polar surface area (TPSA) is 58.9 Å². The Hall–Kier alpha value is -1.58. The Morgan fingerprint density at radius 3 is 2.68 bits per heavy atom. The number of phenolic OH excluding ortho intramolecular Hbond substituents is 1. The fourth-order valence-corrected chi connectivity index (χ4v) is 2.88. The molecule has 1 saturated carbocycles. The highest BCUT2D eigenvalue weighted by molar-refractivity contribution is 6.31. The first-order chi connectivity index (χ1) is 9.05. The fraction of sp³-hybridized carbons (Fsp3) is 0.462. The third-order valence-electron chi connectivity index (χ3n) is 3.51. The third kappa shape index (κ3) is 2.20. The van der Waals surface area contributed by atoms with Crippen LogP contribution in [-0.2, 0) is 10.3 Å². The number of hydrogen-bond donors (Lipinski definition) is 1. The van der Waals surface area contributed by atoms with Crippen LogP contribution in [0.2, 0.25) is 5.02 Å². The summed E-state index contributed by atoms with van der Waals surface area (Å²) in [6, 6.07) is 1.08. The van der Waals surface area contributed by atoms with E-state index in [1.807, 2.05) is 0 Å². The Morgan fingerprint density at radius 2 is 2.16 bits per heavy atom. The summed E-state index contributed by atoms with van der Waals surface area (Å²) in [6.07, 6.45) is 4.10. The minimum Gasteiger partial charge on any atom is -0.504 e. The van der Waals surface area contributed by atoms with E-state index in [1.54, 1.807) is 0 Å². The van der Waals surface area contributed by atoms with E-state index in [9.17, 15) is 14.3 Å². The van der Waals surface area contributed by atoms with Crippen molar-refractivity contribution < 1.29 is 19.0 Å². The van der Waals surface area contributed by atoms with Crippen LogP contribution in [0.5, 0.6) is 11.5 Å². The zero-order chi connectivity index (χ0) is 14.0. The number of methoxy groups -OCH3 is 1. The van der Waals surface area contributed by atoms with Crippen LogP contribution < -0.4 is 4.74 Å². The summed E-state index contributed by atoms with van der Waals surface area (Å²) in [7, 11) is 1.32. The van der Waals surface area contributed by atoms with Gasteiger partial charge in [-0.3, -0.25) is 0 Å². The van der Waals surface area contributed by atoms with Gasteiger partial charge in [-0.25, -0.2) is 9.18 Å². The zero-order valence-corrected chi connectivity index (χ0v) is 11.1. The molecule has 1 N–H and O–H groups in total. The second-order valence-corrected chi connectivity index (χ2v) is 4.95. The maximum Gasteiger partial charge on any atom is 0.235 e. The SMILES string of the molecule is COc1c(O)cc(Cl)c(F)c1C1(N=C=O)CCCC1. The predicted octanol–water partition coefficient (Wildman–Crippen LogP) is 3.30. The molecule has 0 heterocycles. The summed E-state index contributed by atoms with van der Waals surface area (Å²) in [5.41, 5.74) is -1.000. The minimum absolute atomic E-state index is 0.0252. The lowest BCUT2D eigenvalue weighted by Gasteiger charge is -2.26. The molecular weight excluding hydrogens is 273 g/mol. The van der Waals surface area contributed by atoms with E-state index in [-0.39, 0.29) is 22.1 Å². The van der Waals surface area contributed by atoms with Crippen molar-refractivity contribution in [3.8, 4) is 11.5 Å². The van der Waals surface area contributed by atoms with Gasteiger partial charge in [-0.15, -0.1) is 0 Å². The fourth-order valence-electron chi connectivity index (χ4n) is 2.68. The summed E-state index contributed by atoms with van der Waals surface area (Å²) in [6.45, 7) is 0. The van der Waals surface area contributed by atoms with Gasteiger partial charge in [0.1, 0.15) is 5.54 Å². The summed E-state index contributed by atoms with van der Waals surface area (Å²) >= 11 is 5.76. The number of halogens is 2. The molecule has 0 aliphatic heterocycles. The number of carbonyl (C=O) groups excluding carboxylic acids is 1. The van der Waals surface area contributed by atoms with E-state index in [0.29, 0.717) is 12.8 Å². The average molecular weight is 286 g/mol. The number of aliphatic imine (C=N–C) groups is 1. The normalized spacial score (nSPS) is 17.0. The van der Waals surface area contributed by atoms with Gasteiger partial charge in [-0.2, -0.15) is 4.99 Å². The van der Waals surface area contributed by atoms with Gasteiger partial charge >= 0.3 is 0 Å². The number of ether oxygens (including phenoxy) is 1. The van der Waals surface area contributed by atoms with Crippen molar-refractivity contribution in [2.45, 2.75) is 31.2 Å². The first kappa shape index (κ1) is 13.8. The molecular formula is C13H13ClFNO3.